The highest BCUT2D eigenvalue weighted by Gasteiger charge is 2.08. The van der Waals surface area contributed by atoms with Crippen molar-refractivity contribution in [1.29, 1.82) is 0 Å². The molecule has 0 aliphatic rings. The average molecular weight is 293 g/mol. The minimum Gasteiger partial charge on any atom is -0.350 e. The zero-order valence-corrected chi connectivity index (χ0v) is 14.5. The van der Waals surface area contributed by atoms with Crippen LogP contribution in [0.15, 0.2) is 18.3 Å². The first kappa shape index (κ1) is 18.3. The molecule has 0 aliphatic heterocycles. The predicted molar refractivity (Wildman–Crippen MR) is 93.8 cm³/mol. The summed E-state index contributed by atoms with van der Waals surface area (Å²) in [6, 6.07) is 4.91. The number of nitrogens with zero attached hydrogens (tertiary/aromatic N) is 1. The summed E-state index contributed by atoms with van der Waals surface area (Å²) in [5.74, 6) is 0. The van der Waals surface area contributed by atoms with Gasteiger partial charge in [-0.25, -0.2) is 0 Å². The summed E-state index contributed by atoms with van der Waals surface area (Å²) in [5.41, 5.74) is 1.44. The van der Waals surface area contributed by atoms with Crippen LogP contribution in [0.4, 0.5) is 0 Å². The minimum atomic E-state index is 0.467. The number of hydrogen-bond acceptors (Lipinski definition) is 1. The Bertz CT molecular complexity index is 343. The van der Waals surface area contributed by atoms with Gasteiger partial charge in [0.15, 0.2) is 0 Å². The molecule has 122 valence electrons. The molecule has 2 nitrogen and oxygen atoms in total. The van der Waals surface area contributed by atoms with Gasteiger partial charge < -0.3 is 9.88 Å². The summed E-state index contributed by atoms with van der Waals surface area (Å²) in [7, 11) is 0. The average Bonchev–Trinajstić information content (AvgIpc) is 2.96. The first-order chi connectivity index (χ1) is 10.3. The molecule has 1 unspecified atom stereocenters. The number of unbranched alkanes of at least 4 members (excludes halogenated alkanes) is 7. The van der Waals surface area contributed by atoms with Gasteiger partial charge in [-0.3, -0.25) is 0 Å². The van der Waals surface area contributed by atoms with Crippen molar-refractivity contribution in [3.05, 3.63) is 24.0 Å². The third-order valence-electron chi connectivity index (χ3n) is 4.26. The smallest absolute Gasteiger partial charge is 0.0446 e. The maximum absolute atomic E-state index is 3.58. The van der Waals surface area contributed by atoms with Crippen LogP contribution in [0.3, 0.4) is 0 Å². The van der Waals surface area contributed by atoms with E-state index in [-0.39, 0.29) is 0 Å². The lowest BCUT2D eigenvalue weighted by Crippen LogP contribution is -2.21. The lowest BCUT2D eigenvalue weighted by atomic mass is 10.1. The van der Waals surface area contributed by atoms with E-state index in [4.69, 9.17) is 0 Å². The molecular weight excluding hydrogens is 256 g/mol. The Balaban J connectivity index is 2.16. The van der Waals surface area contributed by atoms with E-state index in [1.54, 1.807) is 0 Å². The monoisotopic (exact) mass is 292 g/mol. The fraction of sp³-hybridized carbons (Fsp3) is 0.789. The summed E-state index contributed by atoms with van der Waals surface area (Å²) in [5, 5.41) is 3.58. The molecule has 1 heterocycles. The van der Waals surface area contributed by atoms with Crippen LogP contribution < -0.4 is 5.32 Å². The number of aromatic nitrogens is 1. The van der Waals surface area contributed by atoms with Gasteiger partial charge in [-0.1, -0.05) is 58.8 Å². The molecule has 1 aromatic rings. The minimum absolute atomic E-state index is 0.467. The van der Waals surface area contributed by atoms with Crippen LogP contribution in [0.5, 0.6) is 0 Å². The highest BCUT2D eigenvalue weighted by molar-refractivity contribution is 5.11. The van der Waals surface area contributed by atoms with Gasteiger partial charge in [0.2, 0.25) is 0 Å². The van der Waals surface area contributed by atoms with Crippen LogP contribution in [0, 0.1) is 0 Å². The molecule has 0 amide bonds. The number of nitrogens with one attached hydrogen (secondary N) is 1. The second-order valence-corrected chi connectivity index (χ2v) is 6.28. The van der Waals surface area contributed by atoms with Crippen LogP contribution in [0.1, 0.15) is 90.3 Å². The third kappa shape index (κ3) is 7.71. The molecular formula is C19H36N2. The highest BCUT2D eigenvalue weighted by Crippen LogP contribution is 2.15. The second kappa shape index (κ2) is 11.9. The van der Waals surface area contributed by atoms with Crippen LogP contribution in [0.25, 0.3) is 0 Å². The predicted octanol–water partition coefficient (Wildman–Crippen LogP) is 5.69. The summed E-state index contributed by atoms with van der Waals surface area (Å²) < 4.78 is 2.43. The van der Waals surface area contributed by atoms with Gasteiger partial charge >= 0.3 is 0 Å². The van der Waals surface area contributed by atoms with E-state index in [0.29, 0.717) is 6.04 Å². The summed E-state index contributed by atoms with van der Waals surface area (Å²) in [4.78, 5) is 0. The lowest BCUT2D eigenvalue weighted by Gasteiger charge is -2.17. The zero-order valence-electron chi connectivity index (χ0n) is 14.5. The maximum atomic E-state index is 3.58. The molecule has 0 saturated heterocycles. The van der Waals surface area contributed by atoms with Crippen LogP contribution in [-0.2, 0) is 6.54 Å². The fourth-order valence-electron chi connectivity index (χ4n) is 2.91. The van der Waals surface area contributed by atoms with Crippen molar-refractivity contribution in [1.82, 2.24) is 9.88 Å². The maximum Gasteiger partial charge on any atom is 0.0446 e. The van der Waals surface area contributed by atoms with Crippen LogP contribution in [0.2, 0.25) is 0 Å². The normalized spacial score (nSPS) is 12.7. The Morgan fingerprint density at radius 1 is 0.952 bits per heavy atom. The molecule has 21 heavy (non-hydrogen) atoms. The van der Waals surface area contributed by atoms with Crippen molar-refractivity contribution >= 4 is 0 Å². The van der Waals surface area contributed by atoms with E-state index in [0.717, 1.165) is 6.54 Å². The Morgan fingerprint density at radius 2 is 1.62 bits per heavy atom. The van der Waals surface area contributed by atoms with E-state index in [9.17, 15) is 0 Å². The topological polar surface area (TPSA) is 17.0 Å². The largest absolute Gasteiger partial charge is 0.350 e. The van der Waals surface area contributed by atoms with E-state index >= 15 is 0 Å². The van der Waals surface area contributed by atoms with Gasteiger partial charge in [0, 0.05) is 24.5 Å². The van der Waals surface area contributed by atoms with Crippen molar-refractivity contribution in [2.75, 3.05) is 6.54 Å². The second-order valence-electron chi connectivity index (χ2n) is 6.28. The standard InChI is InChI=1S/C19H36N2/c1-4-6-7-8-9-10-11-12-16-21-17-13-14-19(21)18(3)20-15-5-2/h13-14,17-18,20H,4-12,15-16H2,1-3H3. The molecule has 1 N–H and O–H groups in total. The first-order valence-corrected chi connectivity index (χ1v) is 9.18. The molecule has 0 fully saturated rings. The third-order valence-corrected chi connectivity index (χ3v) is 4.26. The van der Waals surface area contributed by atoms with Crippen LogP contribution in [-0.4, -0.2) is 11.1 Å². The van der Waals surface area contributed by atoms with Gasteiger partial charge in [-0.05, 0) is 38.4 Å². The van der Waals surface area contributed by atoms with E-state index in [2.05, 4.69) is 49.0 Å². The van der Waals surface area contributed by atoms with Crippen molar-refractivity contribution in [2.24, 2.45) is 0 Å². The molecule has 0 saturated carbocycles. The Labute approximate surface area is 132 Å². The summed E-state index contributed by atoms with van der Waals surface area (Å²) >= 11 is 0. The van der Waals surface area contributed by atoms with Gasteiger partial charge in [0.25, 0.3) is 0 Å². The van der Waals surface area contributed by atoms with E-state index in [1.165, 1.54) is 70.0 Å². The molecule has 1 atom stereocenters. The highest BCUT2D eigenvalue weighted by atomic mass is 15.0. The molecule has 0 aromatic carbocycles. The SMILES string of the molecule is CCCCCCCCCCn1cccc1C(C)NCCC. The quantitative estimate of drug-likeness (QED) is 0.462. The first-order valence-electron chi connectivity index (χ1n) is 9.18. The van der Waals surface area contributed by atoms with Crippen molar-refractivity contribution in [2.45, 2.75) is 91.1 Å². The molecule has 1 aromatic heterocycles. The van der Waals surface area contributed by atoms with Crippen molar-refractivity contribution < 1.29 is 0 Å². The fourth-order valence-corrected chi connectivity index (χ4v) is 2.91. The number of hydrogen-bond donors (Lipinski definition) is 1. The summed E-state index contributed by atoms with van der Waals surface area (Å²) in [6.45, 7) is 9.05. The van der Waals surface area contributed by atoms with Gasteiger partial charge in [0.1, 0.15) is 0 Å². The molecule has 0 radical (unpaired) electrons. The molecule has 0 bridgehead atoms. The van der Waals surface area contributed by atoms with E-state index in [1.807, 2.05) is 0 Å². The molecule has 2 heteroatoms. The number of rotatable bonds is 13. The molecule has 1 rings (SSSR count). The van der Waals surface area contributed by atoms with Crippen molar-refractivity contribution in [3.8, 4) is 0 Å². The Morgan fingerprint density at radius 3 is 2.29 bits per heavy atom. The number of aryl methyl sites for hydroxylation is 1. The van der Waals surface area contributed by atoms with Crippen LogP contribution >= 0.6 is 0 Å². The molecule has 0 spiro atoms. The lowest BCUT2D eigenvalue weighted by molar-refractivity contribution is 0.499. The van der Waals surface area contributed by atoms with Crippen molar-refractivity contribution in [3.63, 3.8) is 0 Å². The Hall–Kier alpha value is -0.760. The van der Waals surface area contributed by atoms with Gasteiger partial charge in [-0.2, -0.15) is 0 Å². The molecule has 0 aliphatic carbocycles. The zero-order chi connectivity index (χ0) is 15.3. The van der Waals surface area contributed by atoms with Gasteiger partial charge in [0.05, 0.1) is 0 Å². The van der Waals surface area contributed by atoms with Gasteiger partial charge in [-0.15, -0.1) is 0 Å². The summed E-state index contributed by atoms with van der Waals surface area (Å²) in [6.07, 6.45) is 14.6. The Kier molecular flexibility index (Phi) is 10.3. The van der Waals surface area contributed by atoms with E-state index < -0.39 is 0 Å².